The molecule has 3 N–H and O–H groups in total. The molecule has 0 fully saturated rings. The number of hydrogen-bond acceptors (Lipinski definition) is 7. The zero-order valence-electron chi connectivity index (χ0n) is 10.1. The Hall–Kier alpha value is -2.19. The fourth-order valence-corrected chi connectivity index (χ4v) is 1.97. The van der Waals surface area contributed by atoms with E-state index < -0.39 is 9.84 Å². The first kappa shape index (κ1) is 13.2. The maximum atomic E-state index is 11.3. The Morgan fingerprint density at radius 3 is 2.47 bits per heavy atom. The van der Waals surface area contributed by atoms with Crippen molar-refractivity contribution in [3.63, 3.8) is 0 Å². The number of nitrogens with two attached hydrogens (primary N) is 1. The van der Waals surface area contributed by atoms with Gasteiger partial charge in [0, 0.05) is 6.26 Å². The SMILES string of the molecule is CS(=O)(=O)c1ccc(Oc2cncc(NN)n2)cc1. The molecule has 0 saturated heterocycles. The van der Waals surface area contributed by atoms with Crippen LogP contribution < -0.4 is 16.0 Å². The van der Waals surface area contributed by atoms with Gasteiger partial charge in [0.05, 0.1) is 17.3 Å². The normalized spacial score (nSPS) is 11.1. The Morgan fingerprint density at radius 1 is 1.21 bits per heavy atom. The Bertz CT molecular complexity index is 671. The monoisotopic (exact) mass is 280 g/mol. The van der Waals surface area contributed by atoms with Crippen molar-refractivity contribution in [2.24, 2.45) is 5.84 Å². The molecule has 0 spiro atoms. The largest absolute Gasteiger partial charge is 0.437 e. The second-order valence-electron chi connectivity index (χ2n) is 3.73. The van der Waals surface area contributed by atoms with Gasteiger partial charge in [-0.05, 0) is 24.3 Å². The van der Waals surface area contributed by atoms with Crippen LogP contribution in [0.5, 0.6) is 11.6 Å². The Balaban J connectivity index is 2.19. The first-order valence-electron chi connectivity index (χ1n) is 5.25. The highest BCUT2D eigenvalue weighted by Crippen LogP contribution is 2.21. The van der Waals surface area contributed by atoms with Crippen LogP contribution in [0.1, 0.15) is 0 Å². The van der Waals surface area contributed by atoms with Crippen molar-refractivity contribution < 1.29 is 13.2 Å². The van der Waals surface area contributed by atoms with Crippen LogP contribution >= 0.6 is 0 Å². The van der Waals surface area contributed by atoms with Gasteiger partial charge in [-0.3, -0.25) is 4.98 Å². The van der Waals surface area contributed by atoms with Gasteiger partial charge in [0.15, 0.2) is 15.7 Å². The molecule has 0 radical (unpaired) electrons. The number of anilines is 1. The minimum Gasteiger partial charge on any atom is -0.437 e. The number of benzene rings is 1. The lowest BCUT2D eigenvalue weighted by molar-refractivity contribution is 0.460. The van der Waals surface area contributed by atoms with Crippen molar-refractivity contribution in [1.29, 1.82) is 0 Å². The van der Waals surface area contributed by atoms with Gasteiger partial charge in [-0.2, -0.15) is 4.98 Å². The van der Waals surface area contributed by atoms with E-state index in [9.17, 15) is 8.42 Å². The van der Waals surface area contributed by atoms with Crippen molar-refractivity contribution in [3.8, 4) is 11.6 Å². The van der Waals surface area contributed by atoms with E-state index >= 15 is 0 Å². The molecule has 1 aromatic carbocycles. The molecular weight excluding hydrogens is 268 g/mol. The summed E-state index contributed by atoms with van der Waals surface area (Å²) in [4.78, 5) is 8.13. The van der Waals surface area contributed by atoms with E-state index in [2.05, 4.69) is 15.4 Å². The number of rotatable bonds is 4. The lowest BCUT2D eigenvalue weighted by Crippen LogP contribution is -2.09. The van der Waals surface area contributed by atoms with E-state index in [0.29, 0.717) is 11.6 Å². The summed E-state index contributed by atoms with van der Waals surface area (Å²) in [7, 11) is -3.21. The summed E-state index contributed by atoms with van der Waals surface area (Å²) < 4.78 is 28.0. The number of nitrogens with one attached hydrogen (secondary N) is 1. The summed E-state index contributed by atoms with van der Waals surface area (Å²) in [5, 5.41) is 0. The Morgan fingerprint density at radius 2 is 1.89 bits per heavy atom. The molecule has 0 aliphatic rings. The van der Waals surface area contributed by atoms with Gasteiger partial charge in [0.25, 0.3) is 0 Å². The lowest BCUT2D eigenvalue weighted by Gasteiger charge is -2.06. The number of hydrazine groups is 1. The van der Waals surface area contributed by atoms with Crippen LogP contribution in [0.25, 0.3) is 0 Å². The average molecular weight is 280 g/mol. The number of aromatic nitrogens is 2. The smallest absolute Gasteiger partial charge is 0.239 e. The van der Waals surface area contributed by atoms with Crippen LogP contribution in [0, 0.1) is 0 Å². The van der Waals surface area contributed by atoms with Crippen molar-refractivity contribution in [2.45, 2.75) is 4.90 Å². The maximum absolute atomic E-state index is 11.3. The molecule has 0 atom stereocenters. The predicted octanol–water partition coefficient (Wildman–Crippen LogP) is 0.958. The minimum atomic E-state index is -3.21. The summed E-state index contributed by atoms with van der Waals surface area (Å²) in [6, 6.07) is 6.01. The quantitative estimate of drug-likeness (QED) is 0.634. The molecule has 0 aliphatic heterocycles. The molecule has 100 valence electrons. The third kappa shape index (κ3) is 3.39. The van der Waals surface area contributed by atoms with Crippen molar-refractivity contribution in [1.82, 2.24) is 9.97 Å². The first-order valence-corrected chi connectivity index (χ1v) is 7.15. The van der Waals surface area contributed by atoms with E-state index in [1.165, 1.54) is 24.5 Å². The number of ether oxygens (including phenoxy) is 1. The molecule has 1 heterocycles. The van der Waals surface area contributed by atoms with Gasteiger partial charge in [0.1, 0.15) is 5.75 Å². The van der Waals surface area contributed by atoms with Crippen LogP contribution in [-0.2, 0) is 9.84 Å². The van der Waals surface area contributed by atoms with Crippen LogP contribution in [0.3, 0.4) is 0 Å². The van der Waals surface area contributed by atoms with Gasteiger partial charge in [-0.1, -0.05) is 0 Å². The molecule has 0 bridgehead atoms. The Kier molecular flexibility index (Phi) is 3.63. The van der Waals surface area contributed by atoms with E-state index in [1.807, 2.05) is 0 Å². The topological polar surface area (TPSA) is 107 Å². The summed E-state index contributed by atoms with van der Waals surface area (Å²) in [6.45, 7) is 0. The lowest BCUT2D eigenvalue weighted by atomic mass is 10.3. The maximum Gasteiger partial charge on any atom is 0.239 e. The van der Waals surface area contributed by atoms with E-state index in [0.717, 1.165) is 6.26 Å². The zero-order chi connectivity index (χ0) is 13.9. The van der Waals surface area contributed by atoms with E-state index in [4.69, 9.17) is 10.6 Å². The number of sulfone groups is 1. The van der Waals surface area contributed by atoms with Gasteiger partial charge < -0.3 is 10.2 Å². The van der Waals surface area contributed by atoms with Gasteiger partial charge >= 0.3 is 0 Å². The third-order valence-electron chi connectivity index (χ3n) is 2.23. The molecule has 2 aromatic rings. The summed E-state index contributed by atoms with van der Waals surface area (Å²) in [5.41, 5.74) is 2.35. The zero-order valence-corrected chi connectivity index (χ0v) is 10.9. The van der Waals surface area contributed by atoms with Crippen LogP contribution in [0.4, 0.5) is 5.82 Å². The summed E-state index contributed by atoms with van der Waals surface area (Å²) in [6.07, 6.45) is 4.01. The second-order valence-corrected chi connectivity index (χ2v) is 5.75. The van der Waals surface area contributed by atoms with Crippen LogP contribution in [0.2, 0.25) is 0 Å². The fraction of sp³-hybridized carbons (Fsp3) is 0.0909. The fourth-order valence-electron chi connectivity index (χ4n) is 1.34. The summed E-state index contributed by atoms with van der Waals surface area (Å²) in [5.74, 6) is 6.28. The third-order valence-corrected chi connectivity index (χ3v) is 3.36. The number of hydrogen-bond donors (Lipinski definition) is 2. The highest BCUT2D eigenvalue weighted by atomic mass is 32.2. The van der Waals surface area contributed by atoms with Crippen molar-refractivity contribution in [2.75, 3.05) is 11.7 Å². The molecule has 1 aromatic heterocycles. The van der Waals surface area contributed by atoms with Crippen molar-refractivity contribution in [3.05, 3.63) is 36.7 Å². The average Bonchev–Trinajstić information content (AvgIpc) is 2.38. The molecule has 2 rings (SSSR count). The molecule has 0 aliphatic carbocycles. The molecule has 8 heteroatoms. The van der Waals surface area contributed by atoms with E-state index in [1.54, 1.807) is 12.1 Å². The summed E-state index contributed by atoms with van der Waals surface area (Å²) >= 11 is 0. The highest BCUT2D eigenvalue weighted by molar-refractivity contribution is 7.90. The molecular formula is C11H12N4O3S. The minimum absolute atomic E-state index is 0.225. The molecule has 19 heavy (non-hydrogen) atoms. The number of nitrogens with zero attached hydrogens (tertiary/aromatic N) is 2. The second kappa shape index (κ2) is 5.21. The number of nitrogen functional groups attached to an aromatic ring is 1. The van der Waals surface area contributed by atoms with Gasteiger partial charge in [0.2, 0.25) is 5.88 Å². The molecule has 0 unspecified atom stereocenters. The van der Waals surface area contributed by atoms with Crippen molar-refractivity contribution >= 4 is 15.7 Å². The van der Waals surface area contributed by atoms with Crippen LogP contribution in [0.15, 0.2) is 41.6 Å². The first-order chi connectivity index (χ1) is 8.99. The Labute approximate surface area is 110 Å². The molecule has 0 amide bonds. The predicted molar refractivity (Wildman–Crippen MR) is 69.5 cm³/mol. The van der Waals surface area contributed by atoms with Crippen LogP contribution in [-0.4, -0.2) is 24.6 Å². The highest BCUT2D eigenvalue weighted by Gasteiger charge is 2.07. The van der Waals surface area contributed by atoms with E-state index in [-0.39, 0.29) is 10.8 Å². The van der Waals surface area contributed by atoms with Gasteiger partial charge in [-0.25, -0.2) is 14.3 Å². The molecule has 0 saturated carbocycles. The molecule has 7 nitrogen and oxygen atoms in total. The van der Waals surface area contributed by atoms with Gasteiger partial charge in [-0.15, -0.1) is 0 Å². The standard InChI is InChI=1S/C11H12N4O3S/c1-19(16,17)9-4-2-8(3-5-9)18-11-7-13-6-10(14-11)15-12/h2-7H,12H2,1H3,(H,14,15).